The molecule has 0 aliphatic heterocycles. The Labute approximate surface area is 115 Å². The molecule has 2 rings (SSSR count). The molecule has 0 radical (unpaired) electrons. The molecule has 0 aliphatic rings. The number of benzene rings is 2. The van der Waals surface area contributed by atoms with Crippen molar-refractivity contribution in [2.45, 2.75) is 37.5 Å². The van der Waals surface area contributed by atoms with E-state index in [1.54, 1.807) is 24.3 Å². The molecule has 0 aromatic heterocycles. The SMILES string of the molecule is Cc1ccc(S(=O)(=O)c2ccc(C)c(C)c2)cc1C. The largest absolute Gasteiger partial charge is 0.219 e. The second-order valence-electron chi connectivity index (χ2n) is 5.00. The average molecular weight is 274 g/mol. The first kappa shape index (κ1) is 13.8. The molecule has 0 aliphatic carbocycles. The van der Waals surface area contributed by atoms with Gasteiger partial charge in [0.15, 0.2) is 0 Å². The van der Waals surface area contributed by atoms with Crippen LogP contribution in [0, 0.1) is 27.7 Å². The van der Waals surface area contributed by atoms with Crippen LogP contribution in [0.5, 0.6) is 0 Å². The molecule has 0 atom stereocenters. The molecule has 0 heterocycles. The summed E-state index contributed by atoms with van der Waals surface area (Å²) in [5.41, 5.74) is 4.17. The van der Waals surface area contributed by atoms with E-state index in [0.717, 1.165) is 22.3 Å². The maximum atomic E-state index is 12.6. The average Bonchev–Trinajstić information content (AvgIpc) is 2.35. The van der Waals surface area contributed by atoms with Crippen LogP contribution in [0.2, 0.25) is 0 Å². The van der Waals surface area contributed by atoms with Crippen LogP contribution in [-0.4, -0.2) is 8.42 Å². The first-order chi connectivity index (χ1) is 8.82. The number of hydrogen-bond acceptors (Lipinski definition) is 2. The minimum Gasteiger partial charge on any atom is -0.219 e. The lowest BCUT2D eigenvalue weighted by molar-refractivity contribution is 0.596. The summed E-state index contributed by atoms with van der Waals surface area (Å²) in [4.78, 5) is 0.720. The van der Waals surface area contributed by atoms with Crippen molar-refractivity contribution in [1.29, 1.82) is 0 Å². The fourth-order valence-corrected chi connectivity index (χ4v) is 3.33. The van der Waals surface area contributed by atoms with Crippen molar-refractivity contribution < 1.29 is 8.42 Å². The molecule has 0 unspecified atom stereocenters. The fraction of sp³-hybridized carbons (Fsp3) is 0.250. The van der Waals surface area contributed by atoms with Gasteiger partial charge in [0.2, 0.25) is 9.84 Å². The monoisotopic (exact) mass is 274 g/mol. The second kappa shape index (κ2) is 4.82. The van der Waals surface area contributed by atoms with Gasteiger partial charge in [-0.05, 0) is 74.2 Å². The van der Waals surface area contributed by atoms with E-state index >= 15 is 0 Å². The summed E-state index contributed by atoms with van der Waals surface area (Å²) in [6.45, 7) is 7.80. The molecule has 0 spiro atoms. The number of rotatable bonds is 2. The predicted octanol–water partition coefficient (Wildman–Crippen LogP) is 3.75. The Kier molecular flexibility index (Phi) is 3.50. The van der Waals surface area contributed by atoms with Crippen molar-refractivity contribution in [2.24, 2.45) is 0 Å². The molecule has 0 fully saturated rings. The summed E-state index contributed by atoms with van der Waals surface area (Å²) in [6.07, 6.45) is 0. The molecule has 2 aromatic carbocycles. The lowest BCUT2D eigenvalue weighted by Gasteiger charge is -2.09. The molecule has 0 saturated carbocycles. The third-order valence-corrected chi connectivity index (χ3v) is 5.33. The zero-order valence-electron chi connectivity index (χ0n) is 11.7. The van der Waals surface area contributed by atoms with Crippen LogP contribution in [0.3, 0.4) is 0 Å². The summed E-state index contributed by atoms with van der Waals surface area (Å²) < 4.78 is 25.1. The molecular weight excluding hydrogens is 256 g/mol. The molecule has 0 amide bonds. The predicted molar refractivity (Wildman–Crippen MR) is 77.3 cm³/mol. The van der Waals surface area contributed by atoms with Gasteiger partial charge in [0, 0.05) is 0 Å². The molecule has 0 N–H and O–H groups in total. The fourth-order valence-electron chi connectivity index (χ4n) is 1.90. The highest BCUT2D eigenvalue weighted by molar-refractivity contribution is 7.91. The van der Waals surface area contributed by atoms with E-state index in [1.807, 2.05) is 39.8 Å². The lowest BCUT2D eigenvalue weighted by Crippen LogP contribution is -2.03. The van der Waals surface area contributed by atoms with Crippen molar-refractivity contribution in [1.82, 2.24) is 0 Å². The minimum atomic E-state index is -3.42. The Morgan fingerprint density at radius 3 is 1.32 bits per heavy atom. The smallest absolute Gasteiger partial charge is 0.206 e. The molecule has 2 aromatic rings. The van der Waals surface area contributed by atoms with Gasteiger partial charge in [-0.1, -0.05) is 12.1 Å². The Hall–Kier alpha value is -1.61. The van der Waals surface area contributed by atoms with E-state index in [2.05, 4.69) is 0 Å². The summed E-state index contributed by atoms with van der Waals surface area (Å²) in [6, 6.07) is 10.5. The van der Waals surface area contributed by atoms with Crippen LogP contribution < -0.4 is 0 Å². The van der Waals surface area contributed by atoms with E-state index in [9.17, 15) is 8.42 Å². The maximum Gasteiger partial charge on any atom is 0.206 e. The van der Waals surface area contributed by atoms with Crippen LogP contribution in [-0.2, 0) is 9.84 Å². The highest BCUT2D eigenvalue weighted by Crippen LogP contribution is 2.24. The maximum absolute atomic E-state index is 12.6. The van der Waals surface area contributed by atoms with Crippen molar-refractivity contribution >= 4 is 9.84 Å². The van der Waals surface area contributed by atoms with Crippen molar-refractivity contribution in [3.05, 3.63) is 58.7 Å². The second-order valence-corrected chi connectivity index (χ2v) is 6.95. The van der Waals surface area contributed by atoms with E-state index < -0.39 is 9.84 Å². The van der Waals surface area contributed by atoms with Gasteiger partial charge in [-0.25, -0.2) is 8.42 Å². The summed E-state index contributed by atoms with van der Waals surface area (Å²) >= 11 is 0. The number of aryl methyl sites for hydroxylation is 4. The lowest BCUT2D eigenvalue weighted by atomic mass is 10.1. The molecule has 0 bridgehead atoms. The quantitative estimate of drug-likeness (QED) is 0.835. The molecule has 0 saturated heterocycles. The van der Waals surface area contributed by atoms with Crippen LogP contribution in [0.15, 0.2) is 46.2 Å². The summed E-state index contributed by atoms with van der Waals surface area (Å²) in [7, 11) is -3.42. The Morgan fingerprint density at radius 2 is 1.00 bits per heavy atom. The zero-order valence-corrected chi connectivity index (χ0v) is 12.5. The number of sulfone groups is 1. The van der Waals surface area contributed by atoms with Crippen molar-refractivity contribution in [3.63, 3.8) is 0 Å². The van der Waals surface area contributed by atoms with Gasteiger partial charge in [0.1, 0.15) is 0 Å². The zero-order chi connectivity index (χ0) is 14.2. The molecular formula is C16H18O2S. The van der Waals surface area contributed by atoms with Crippen LogP contribution >= 0.6 is 0 Å². The van der Waals surface area contributed by atoms with E-state index in [-0.39, 0.29) is 0 Å². The minimum absolute atomic E-state index is 0.360. The molecule has 100 valence electrons. The van der Waals surface area contributed by atoms with Crippen molar-refractivity contribution in [3.8, 4) is 0 Å². The van der Waals surface area contributed by atoms with Gasteiger partial charge >= 0.3 is 0 Å². The Balaban J connectivity index is 2.58. The topological polar surface area (TPSA) is 34.1 Å². The van der Waals surface area contributed by atoms with E-state index in [0.29, 0.717) is 9.79 Å². The van der Waals surface area contributed by atoms with Gasteiger partial charge < -0.3 is 0 Å². The Morgan fingerprint density at radius 1 is 0.632 bits per heavy atom. The summed E-state index contributed by atoms with van der Waals surface area (Å²) in [5, 5.41) is 0. The van der Waals surface area contributed by atoms with Crippen LogP contribution in [0.25, 0.3) is 0 Å². The van der Waals surface area contributed by atoms with Gasteiger partial charge in [-0.2, -0.15) is 0 Å². The van der Waals surface area contributed by atoms with Gasteiger partial charge in [-0.15, -0.1) is 0 Å². The van der Waals surface area contributed by atoms with Crippen LogP contribution in [0.1, 0.15) is 22.3 Å². The molecule has 2 nitrogen and oxygen atoms in total. The standard InChI is InChI=1S/C16H18O2S/c1-11-5-7-15(9-13(11)3)19(17,18)16-8-6-12(2)14(4)10-16/h5-10H,1-4H3. The van der Waals surface area contributed by atoms with Gasteiger partial charge in [-0.3, -0.25) is 0 Å². The Bertz CT molecular complexity index is 671. The highest BCUT2D eigenvalue weighted by atomic mass is 32.2. The first-order valence-electron chi connectivity index (χ1n) is 6.22. The molecule has 3 heteroatoms. The number of hydrogen-bond donors (Lipinski definition) is 0. The van der Waals surface area contributed by atoms with Crippen molar-refractivity contribution in [2.75, 3.05) is 0 Å². The molecule has 19 heavy (non-hydrogen) atoms. The van der Waals surface area contributed by atoms with Gasteiger partial charge in [0.05, 0.1) is 9.79 Å². The van der Waals surface area contributed by atoms with Crippen LogP contribution in [0.4, 0.5) is 0 Å². The summed E-state index contributed by atoms with van der Waals surface area (Å²) in [5.74, 6) is 0. The van der Waals surface area contributed by atoms with Gasteiger partial charge in [0.25, 0.3) is 0 Å². The van der Waals surface area contributed by atoms with E-state index in [1.165, 1.54) is 0 Å². The third kappa shape index (κ3) is 2.56. The highest BCUT2D eigenvalue weighted by Gasteiger charge is 2.18. The first-order valence-corrected chi connectivity index (χ1v) is 7.70. The van der Waals surface area contributed by atoms with E-state index in [4.69, 9.17) is 0 Å². The normalized spacial score (nSPS) is 11.6. The third-order valence-electron chi connectivity index (χ3n) is 3.58.